The van der Waals surface area contributed by atoms with E-state index in [-0.39, 0.29) is 16.6 Å². The predicted molar refractivity (Wildman–Crippen MR) is 85.7 cm³/mol. The Morgan fingerprint density at radius 3 is 1.89 bits per heavy atom. The quantitative estimate of drug-likeness (QED) is 0.331. The number of allylic oxidation sites excluding steroid dienone is 1. The van der Waals surface area contributed by atoms with E-state index >= 15 is 0 Å². The average Bonchev–Trinajstić information content (AvgIpc) is 2.39. The minimum absolute atomic E-state index is 0.0362. The maximum atomic E-state index is 12.4. The Balaban J connectivity index is 4.76. The molecule has 6 radical (unpaired) electrons. The van der Waals surface area contributed by atoms with Crippen LogP contribution in [0, 0.1) is 5.41 Å². The van der Waals surface area contributed by atoms with E-state index in [1.807, 2.05) is 6.92 Å². The van der Waals surface area contributed by atoms with Crippen LogP contribution in [0.5, 0.6) is 0 Å². The van der Waals surface area contributed by atoms with Gasteiger partial charge in [-0.2, -0.15) is 5.37 Å². The van der Waals surface area contributed by atoms with Crippen molar-refractivity contribution >= 4 is 29.3 Å². The van der Waals surface area contributed by atoms with Crippen LogP contribution in [0.15, 0.2) is 10.8 Å². The third-order valence-electron chi connectivity index (χ3n) is 3.77. The molecule has 0 aromatic heterocycles. The molecule has 1 atom stereocenters. The lowest BCUT2D eigenvalue weighted by Gasteiger charge is -2.29. The first-order chi connectivity index (χ1) is 8.89. The Labute approximate surface area is 123 Å². The van der Waals surface area contributed by atoms with Gasteiger partial charge < -0.3 is 0 Å². The first kappa shape index (κ1) is 18.6. The molecule has 0 heterocycles. The highest BCUT2D eigenvalue weighted by atomic mass is 16.1. The lowest BCUT2D eigenvalue weighted by molar-refractivity contribution is -0.124. The number of Topliss-reactive ketones (excluding diaryl/α,β-unsaturated/α-hetero) is 1. The van der Waals surface area contributed by atoms with Crippen LogP contribution in [0.4, 0.5) is 0 Å². The molecule has 1 unspecified atom stereocenters. The zero-order valence-corrected chi connectivity index (χ0v) is 12.8. The number of hydrogen-bond acceptors (Lipinski definition) is 1. The Hall–Kier alpha value is -0.395. The molecule has 0 bridgehead atoms. The lowest BCUT2D eigenvalue weighted by atomic mass is 9.62. The largest absolute Gasteiger partial charge is 0.295 e. The standard InChI is InChI=1S/C15H25B3O/c1-4-6-8-9-11-15(3,10-7-5-2)13(19)12(16)14(17)18/h4-11H2,1-3H3. The first-order valence-electron chi connectivity index (χ1n) is 7.44. The molecule has 100 valence electrons. The zero-order valence-electron chi connectivity index (χ0n) is 12.8. The van der Waals surface area contributed by atoms with Crippen LogP contribution in [0.1, 0.15) is 72.1 Å². The molecule has 0 saturated heterocycles. The van der Waals surface area contributed by atoms with Crippen LogP contribution in [-0.2, 0) is 4.79 Å². The van der Waals surface area contributed by atoms with Crippen LogP contribution in [0.2, 0.25) is 0 Å². The predicted octanol–water partition coefficient (Wildman–Crippen LogP) is 3.40. The SMILES string of the molecule is [B]C([B])=C([B])C(=O)C(C)(CCCC)CCCCCC. The van der Waals surface area contributed by atoms with Crippen molar-refractivity contribution in [1.29, 1.82) is 0 Å². The van der Waals surface area contributed by atoms with Crippen molar-refractivity contribution in [2.45, 2.75) is 72.1 Å². The second kappa shape index (κ2) is 9.50. The third-order valence-corrected chi connectivity index (χ3v) is 3.77. The molecule has 0 amide bonds. The fourth-order valence-corrected chi connectivity index (χ4v) is 2.32. The number of rotatable bonds is 10. The Bertz CT molecular complexity index is 309. The Kier molecular flexibility index (Phi) is 9.30. The van der Waals surface area contributed by atoms with E-state index in [2.05, 4.69) is 13.8 Å². The summed E-state index contributed by atoms with van der Waals surface area (Å²) in [4.78, 5) is 12.4. The third kappa shape index (κ3) is 6.54. The van der Waals surface area contributed by atoms with Crippen molar-refractivity contribution in [2.24, 2.45) is 5.41 Å². The molecule has 4 heteroatoms. The van der Waals surface area contributed by atoms with Gasteiger partial charge in [0, 0.05) is 5.41 Å². The summed E-state index contributed by atoms with van der Waals surface area (Å²) in [6.45, 7) is 6.29. The number of ketones is 1. The Morgan fingerprint density at radius 1 is 0.895 bits per heavy atom. The second-order valence-electron chi connectivity index (χ2n) is 5.67. The van der Waals surface area contributed by atoms with E-state index < -0.39 is 5.41 Å². The minimum Gasteiger partial charge on any atom is -0.295 e. The van der Waals surface area contributed by atoms with Gasteiger partial charge >= 0.3 is 0 Å². The van der Waals surface area contributed by atoms with Gasteiger partial charge in [-0.25, -0.2) is 0 Å². The summed E-state index contributed by atoms with van der Waals surface area (Å²) in [5.74, 6) is -0.0857. The van der Waals surface area contributed by atoms with Gasteiger partial charge in [-0.1, -0.05) is 64.8 Å². The van der Waals surface area contributed by atoms with Crippen molar-refractivity contribution in [3.63, 3.8) is 0 Å². The van der Waals surface area contributed by atoms with E-state index in [0.717, 1.165) is 38.5 Å². The topological polar surface area (TPSA) is 17.1 Å². The number of carbonyl (C=O) groups is 1. The summed E-state index contributed by atoms with van der Waals surface area (Å²) in [5, 5.41) is -0.0544. The highest BCUT2D eigenvalue weighted by molar-refractivity contribution is 6.56. The van der Waals surface area contributed by atoms with Gasteiger partial charge in [-0.05, 0) is 12.8 Å². The van der Waals surface area contributed by atoms with Gasteiger partial charge in [-0.3, -0.25) is 4.79 Å². The lowest BCUT2D eigenvalue weighted by Crippen LogP contribution is -2.30. The van der Waals surface area contributed by atoms with Crippen molar-refractivity contribution in [3.05, 3.63) is 10.8 Å². The van der Waals surface area contributed by atoms with E-state index in [1.54, 1.807) is 0 Å². The molecular formula is C15H25B3O. The zero-order chi connectivity index (χ0) is 14.9. The summed E-state index contributed by atoms with van der Waals surface area (Å²) in [5.41, 5.74) is -0.383. The fourth-order valence-electron chi connectivity index (χ4n) is 2.32. The van der Waals surface area contributed by atoms with Crippen LogP contribution in [-0.4, -0.2) is 29.3 Å². The summed E-state index contributed by atoms with van der Waals surface area (Å²) in [6, 6.07) is 0. The van der Waals surface area contributed by atoms with E-state index in [1.165, 1.54) is 12.8 Å². The molecular weight excluding hydrogens is 229 g/mol. The minimum atomic E-state index is -0.419. The molecule has 0 aliphatic rings. The van der Waals surface area contributed by atoms with Crippen LogP contribution in [0.3, 0.4) is 0 Å². The van der Waals surface area contributed by atoms with Crippen molar-refractivity contribution < 1.29 is 4.79 Å². The highest BCUT2D eigenvalue weighted by Crippen LogP contribution is 2.34. The molecule has 0 aliphatic carbocycles. The van der Waals surface area contributed by atoms with Crippen molar-refractivity contribution in [2.75, 3.05) is 0 Å². The monoisotopic (exact) mass is 254 g/mol. The van der Waals surface area contributed by atoms with Gasteiger partial charge in [0.2, 0.25) is 0 Å². The molecule has 0 aliphatic heterocycles. The number of unbranched alkanes of at least 4 members (excludes halogenated alkanes) is 4. The molecule has 0 N–H and O–H groups in total. The fraction of sp³-hybridized carbons (Fsp3) is 0.800. The summed E-state index contributed by atoms with van der Waals surface area (Å²) in [7, 11) is 16.6. The maximum Gasteiger partial charge on any atom is 0.152 e. The summed E-state index contributed by atoms with van der Waals surface area (Å²) < 4.78 is 0. The van der Waals surface area contributed by atoms with Gasteiger partial charge in [0.1, 0.15) is 7.85 Å². The van der Waals surface area contributed by atoms with Gasteiger partial charge in [0.25, 0.3) is 0 Å². The van der Waals surface area contributed by atoms with Gasteiger partial charge in [0.15, 0.2) is 5.78 Å². The number of carbonyl (C=O) groups excluding carboxylic acids is 1. The van der Waals surface area contributed by atoms with E-state index in [4.69, 9.17) is 23.5 Å². The summed E-state index contributed by atoms with van der Waals surface area (Å²) >= 11 is 0. The highest BCUT2D eigenvalue weighted by Gasteiger charge is 2.32. The molecule has 0 aromatic carbocycles. The van der Waals surface area contributed by atoms with Crippen molar-refractivity contribution in [3.8, 4) is 0 Å². The molecule has 0 rings (SSSR count). The summed E-state index contributed by atoms with van der Waals surface area (Å²) in [6.07, 6.45) is 8.42. The molecule has 1 nitrogen and oxygen atoms in total. The number of hydrogen-bond donors (Lipinski definition) is 0. The second-order valence-corrected chi connectivity index (χ2v) is 5.67. The van der Waals surface area contributed by atoms with Crippen LogP contribution in [0.25, 0.3) is 0 Å². The molecule has 0 fully saturated rings. The van der Waals surface area contributed by atoms with Crippen LogP contribution < -0.4 is 0 Å². The first-order valence-corrected chi connectivity index (χ1v) is 7.44. The van der Waals surface area contributed by atoms with Gasteiger partial charge in [-0.15, -0.1) is 0 Å². The molecule has 0 aromatic rings. The average molecular weight is 254 g/mol. The maximum absolute atomic E-state index is 12.4. The molecule has 0 spiro atoms. The normalized spacial score (nSPS) is 13.8. The smallest absolute Gasteiger partial charge is 0.152 e. The van der Waals surface area contributed by atoms with Crippen LogP contribution >= 0.6 is 0 Å². The molecule has 19 heavy (non-hydrogen) atoms. The Morgan fingerprint density at radius 2 is 1.42 bits per heavy atom. The van der Waals surface area contributed by atoms with Crippen molar-refractivity contribution in [1.82, 2.24) is 0 Å². The molecule has 0 saturated carbocycles. The van der Waals surface area contributed by atoms with Gasteiger partial charge in [0.05, 0.1) is 15.7 Å². The van der Waals surface area contributed by atoms with E-state index in [0.29, 0.717) is 0 Å². The van der Waals surface area contributed by atoms with E-state index in [9.17, 15) is 4.79 Å².